The molecule has 0 saturated heterocycles. The summed E-state index contributed by atoms with van der Waals surface area (Å²) < 4.78 is 10.4. The normalized spacial score (nSPS) is 11.6. The first-order valence-corrected chi connectivity index (χ1v) is 8.29. The first-order chi connectivity index (χ1) is 13.0. The van der Waals surface area contributed by atoms with Gasteiger partial charge in [0.15, 0.2) is 29.0 Å². The van der Waals surface area contributed by atoms with E-state index in [1.54, 1.807) is 19.1 Å². The maximum absolute atomic E-state index is 13.0. The molecule has 1 heterocycles. The molecule has 1 aromatic heterocycles. The van der Waals surface area contributed by atoms with Crippen LogP contribution in [0.15, 0.2) is 42.5 Å². The number of Topliss-reactive ketones (excluding diaryl/α,β-unsaturated/α-hetero) is 2. The third-order valence-electron chi connectivity index (χ3n) is 4.46. The van der Waals surface area contributed by atoms with Crippen molar-refractivity contribution < 1.29 is 19.1 Å². The molecule has 1 unspecified atom stereocenters. The van der Waals surface area contributed by atoms with Gasteiger partial charge in [-0.15, -0.1) is 0 Å². The third kappa shape index (κ3) is 3.15. The van der Waals surface area contributed by atoms with Crippen LogP contribution in [0, 0.1) is 24.2 Å². The van der Waals surface area contributed by atoms with E-state index in [9.17, 15) is 14.9 Å². The first kappa shape index (κ1) is 18.2. The second-order valence-corrected chi connectivity index (χ2v) is 6.03. The molecular weight excluding hydrogens is 344 g/mol. The standard InChI is InChI=1S/C21H18N2O4/c1-12-19(14-6-4-5-7-16(14)23-12)21(25)15(11-22)20(24)13-8-9-17(26-2)18(10-13)27-3/h4-10,15,23H,1-3H3. The van der Waals surface area contributed by atoms with Crippen molar-refractivity contribution >= 4 is 22.5 Å². The van der Waals surface area contributed by atoms with Crippen molar-refractivity contribution in [3.05, 3.63) is 59.3 Å². The molecule has 0 saturated carbocycles. The van der Waals surface area contributed by atoms with Crippen molar-refractivity contribution in [2.75, 3.05) is 14.2 Å². The van der Waals surface area contributed by atoms with Crippen LogP contribution in [0.1, 0.15) is 26.4 Å². The van der Waals surface area contributed by atoms with Crippen LogP contribution in [0.4, 0.5) is 0 Å². The van der Waals surface area contributed by atoms with Crippen LogP contribution in [-0.2, 0) is 0 Å². The largest absolute Gasteiger partial charge is 0.493 e. The molecule has 0 aliphatic heterocycles. The number of aryl methyl sites for hydroxylation is 1. The van der Waals surface area contributed by atoms with Crippen molar-refractivity contribution in [2.45, 2.75) is 6.92 Å². The number of ketones is 2. The van der Waals surface area contributed by atoms with Crippen LogP contribution >= 0.6 is 0 Å². The Kier molecular flexibility index (Phi) is 4.95. The zero-order valence-electron chi connectivity index (χ0n) is 15.2. The molecule has 2 aromatic carbocycles. The fourth-order valence-electron chi connectivity index (χ4n) is 3.13. The van der Waals surface area contributed by atoms with E-state index >= 15 is 0 Å². The molecule has 0 aliphatic rings. The van der Waals surface area contributed by atoms with Crippen molar-refractivity contribution in [1.82, 2.24) is 4.98 Å². The van der Waals surface area contributed by atoms with Gasteiger partial charge in [0.2, 0.25) is 0 Å². The summed E-state index contributed by atoms with van der Waals surface area (Å²) in [5, 5.41) is 10.3. The van der Waals surface area contributed by atoms with Gasteiger partial charge >= 0.3 is 0 Å². The Balaban J connectivity index is 2.02. The van der Waals surface area contributed by atoms with Gasteiger partial charge in [-0.25, -0.2) is 0 Å². The number of nitrogens with zero attached hydrogens (tertiary/aromatic N) is 1. The number of carbonyl (C=O) groups excluding carboxylic acids is 2. The predicted molar refractivity (Wildman–Crippen MR) is 100 cm³/mol. The van der Waals surface area contributed by atoms with Gasteiger partial charge in [0, 0.05) is 27.7 Å². The number of hydrogen-bond donors (Lipinski definition) is 1. The van der Waals surface area contributed by atoms with E-state index in [4.69, 9.17) is 9.47 Å². The van der Waals surface area contributed by atoms with Gasteiger partial charge in [-0.1, -0.05) is 18.2 Å². The number of para-hydroxylation sites is 1. The van der Waals surface area contributed by atoms with Crippen LogP contribution in [0.25, 0.3) is 10.9 Å². The maximum Gasteiger partial charge on any atom is 0.190 e. The molecule has 136 valence electrons. The number of nitrogens with one attached hydrogen (secondary N) is 1. The summed E-state index contributed by atoms with van der Waals surface area (Å²) in [5.41, 5.74) is 1.99. The lowest BCUT2D eigenvalue weighted by Gasteiger charge is -2.11. The Morgan fingerprint density at radius 3 is 2.41 bits per heavy atom. The monoisotopic (exact) mass is 362 g/mol. The highest BCUT2D eigenvalue weighted by molar-refractivity contribution is 6.22. The van der Waals surface area contributed by atoms with Crippen LogP contribution in [0.2, 0.25) is 0 Å². The van der Waals surface area contributed by atoms with Crippen molar-refractivity contribution in [3.8, 4) is 17.6 Å². The van der Waals surface area contributed by atoms with Crippen LogP contribution in [-0.4, -0.2) is 30.8 Å². The van der Waals surface area contributed by atoms with Crippen LogP contribution < -0.4 is 9.47 Å². The number of aromatic amines is 1. The number of fused-ring (bicyclic) bond motifs is 1. The molecule has 3 rings (SSSR count). The van der Waals surface area contributed by atoms with Crippen LogP contribution in [0.5, 0.6) is 11.5 Å². The molecule has 3 aromatic rings. The summed E-state index contributed by atoms with van der Waals surface area (Å²) in [7, 11) is 2.94. The molecule has 6 heteroatoms. The predicted octanol–water partition coefficient (Wildman–Crippen LogP) is 3.70. The lowest BCUT2D eigenvalue weighted by atomic mass is 9.90. The Morgan fingerprint density at radius 2 is 1.74 bits per heavy atom. The Labute approximate surface area is 156 Å². The second kappa shape index (κ2) is 7.34. The number of benzene rings is 2. The minimum atomic E-state index is -1.44. The number of carbonyl (C=O) groups is 2. The van der Waals surface area contributed by atoms with Gasteiger partial charge in [0.1, 0.15) is 0 Å². The van der Waals surface area contributed by atoms with Gasteiger partial charge in [-0.3, -0.25) is 9.59 Å². The van der Waals surface area contributed by atoms with E-state index in [1.165, 1.54) is 26.4 Å². The summed E-state index contributed by atoms with van der Waals surface area (Å²) in [5.74, 6) is -1.72. The molecule has 1 N–H and O–H groups in total. The van der Waals surface area contributed by atoms with E-state index < -0.39 is 17.5 Å². The molecule has 0 bridgehead atoms. The van der Waals surface area contributed by atoms with Crippen LogP contribution in [0.3, 0.4) is 0 Å². The molecule has 0 amide bonds. The van der Waals surface area contributed by atoms with Gasteiger partial charge in [-0.05, 0) is 31.2 Å². The summed E-state index contributed by atoms with van der Waals surface area (Å²) in [4.78, 5) is 29.0. The molecule has 27 heavy (non-hydrogen) atoms. The summed E-state index contributed by atoms with van der Waals surface area (Å²) in [6.07, 6.45) is 0. The van der Waals surface area contributed by atoms with Crippen molar-refractivity contribution in [1.29, 1.82) is 5.26 Å². The van der Waals surface area contributed by atoms with Gasteiger partial charge in [0.05, 0.1) is 20.3 Å². The Bertz CT molecular complexity index is 1080. The fourth-order valence-corrected chi connectivity index (χ4v) is 3.13. The van der Waals surface area contributed by atoms with E-state index in [2.05, 4.69) is 4.98 Å². The number of hydrogen-bond acceptors (Lipinski definition) is 5. The highest BCUT2D eigenvalue weighted by Gasteiger charge is 2.31. The smallest absolute Gasteiger partial charge is 0.190 e. The van der Waals surface area contributed by atoms with E-state index in [-0.39, 0.29) is 5.56 Å². The Hall–Kier alpha value is -3.59. The SMILES string of the molecule is COc1ccc(C(=O)C(C#N)C(=O)c2c(C)[nH]c3ccccc23)cc1OC. The van der Waals surface area contributed by atoms with Crippen molar-refractivity contribution in [3.63, 3.8) is 0 Å². The molecule has 1 atom stereocenters. The lowest BCUT2D eigenvalue weighted by Crippen LogP contribution is -2.23. The molecular formula is C21H18N2O4. The number of aromatic nitrogens is 1. The minimum absolute atomic E-state index is 0.213. The zero-order valence-corrected chi connectivity index (χ0v) is 15.2. The average Bonchev–Trinajstić information content (AvgIpc) is 3.03. The summed E-state index contributed by atoms with van der Waals surface area (Å²) >= 11 is 0. The van der Waals surface area contributed by atoms with E-state index in [1.807, 2.05) is 24.3 Å². The van der Waals surface area contributed by atoms with Gasteiger partial charge in [0.25, 0.3) is 0 Å². The van der Waals surface area contributed by atoms with Gasteiger partial charge in [-0.2, -0.15) is 5.26 Å². The third-order valence-corrected chi connectivity index (χ3v) is 4.46. The number of H-pyrrole nitrogens is 1. The number of rotatable bonds is 6. The maximum atomic E-state index is 13.0. The highest BCUT2D eigenvalue weighted by Crippen LogP contribution is 2.30. The zero-order chi connectivity index (χ0) is 19.6. The second-order valence-electron chi connectivity index (χ2n) is 6.03. The Morgan fingerprint density at radius 1 is 1.04 bits per heavy atom. The quantitative estimate of drug-likeness (QED) is 0.533. The van der Waals surface area contributed by atoms with E-state index in [0.717, 1.165) is 5.52 Å². The first-order valence-electron chi connectivity index (χ1n) is 8.29. The minimum Gasteiger partial charge on any atom is -0.493 e. The number of methoxy groups -OCH3 is 2. The summed E-state index contributed by atoms with van der Waals surface area (Å²) in [6, 6.07) is 13.7. The van der Waals surface area contributed by atoms with Gasteiger partial charge < -0.3 is 14.5 Å². The molecule has 0 fully saturated rings. The van der Waals surface area contributed by atoms with Crippen molar-refractivity contribution in [2.24, 2.45) is 5.92 Å². The number of nitriles is 1. The molecule has 0 aliphatic carbocycles. The molecule has 0 spiro atoms. The average molecular weight is 362 g/mol. The topological polar surface area (TPSA) is 92.2 Å². The fraction of sp³-hybridized carbons (Fsp3) is 0.190. The van der Waals surface area contributed by atoms with E-state index in [0.29, 0.717) is 28.1 Å². The number of ether oxygens (including phenoxy) is 2. The highest BCUT2D eigenvalue weighted by atomic mass is 16.5. The molecule has 6 nitrogen and oxygen atoms in total. The lowest BCUT2D eigenvalue weighted by molar-refractivity contribution is 0.0846. The molecule has 0 radical (unpaired) electrons. The summed E-state index contributed by atoms with van der Waals surface area (Å²) in [6.45, 7) is 1.75.